The zero-order chi connectivity index (χ0) is 16.8. The predicted molar refractivity (Wildman–Crippen MR) is 95.8 cm³/mol. The van der Waals surface area contributed by atoms with E-state index >= 15 is 0 Å². The van der Waals surface area contributed by atoms with Crippen LogP contribution in [-0.4, -0.2) is 59.0 Å². The molecule has 0 aliphatic heterocycles. The summed E-state index contributed by atoms with van der Waals surface area (Å²) in [6.07, 6.45) is 3.22. The highest BCUT2D eigenvalue weighted by atomic mass is 32.1. The molecule has 2 rings (SSSR count). The molecule has 0 aliphatic carbocycles. The topological polar surface area (TPSA) is 50.4 Å². The Morgan fingerprint density at radius 3 is 2.61 bits per heavy atom. The van der Waals surface area contributed by atoms with E-state index in [4.69, 9.17) is 12.2 Å². The number of quaternary nitrogens is 1. The van der Waals surface area contributed by atoms with E-state index in [-0.39, 0.29) is 6.04 Å². The van der Waals surface area contributed by atoms with Crippen molar-refractivity contribution in [3.63, 3.8) is 0 Å². The molecule has 0 amide bonds. The van der Waals surface area contributed by atoms with Crippen molar-refractivity contribution >= 4 is 17.3 Å². The van der Waals surface area contributed by atoms with E-state index in [1.165, 1.54) is 16.8 Å². The van der Waals surface area contributed by atoms with Crippen LogP contribution in [0.1, 0.15) is 18.5 Å². The number of thiocarbonyl (C=S) groups is 1. The van der Waals surface area contributed by atoms with Crippen LogP contribution in [-0.2, 0) is 0 Å². The molecule has 124 valence electrons. The first-order valence-electron chi connectivity index (χ1n) is 7.73. The second-order valence-electron chi connectivity index (χ2n) is 5.91. The van der Waals surface area contributed by atoms with Crippen molar-refractivity contribution < 1.29 is 4.90 Å². The summed E-state index contributed by atoms with van der Waals surface area (Å²) in [6, 6.07) is 8.49. The molecule has 1 heterocycles. The first kappa shape index (κ1) is 17.4. The molecule has 1 aromatic carbocycles. The normalized spacial score (nSPS) is 12.2. The van der Waals surface area contributed by atoms with Gasteiger partial charge in [0.15, 0.2) is 5.11 Å². The van der Waals surface area contributed by atoms with E-state index in [0.717, 1.165) is 23.9 Å². The lowest BCUT2D eigenvalue weighted by atomic mass is 10.1. The van der Waals surface area contributed by atoms with Crippen LogP contribution in [0.3, 0.4) is 0 Å². The predicted octanol–water partition coefficient (Wildman–Crippen LogP) is 0.279. The molecule has 0 fully saturated rings. The smallest absolute Gasteiger partial charge is 0.169 e. The summed E-state index contributed by atoms with van der Waals surface area (Å²) in [7, 11) is 6.29. The highest BCUT2D eigenvalue weighted by molar-refractivity contribution is 7.80. The van der Waals surface area contributed by atoms with Crippen LogP contribution < -0.4 is 10.2 Å². The summed E-state index contributed by atoms with van der Waals surface area (Å²) in [5, 5.41) is 8.22. The molecule has 7 heteroatoms. The van der Waals surface area contributed by atoms with Gasteiger partial charge in [0.05, 0.1) is 38.9 Å². The third kappa shape index (κ3) is 4.74. The molecular formula is C16H25N6S+. The van der Waals surface area contributed by atoms with Crippen LogP contribution in [0.5, 0.6) is 0 Å². The summed E-state index contributed by atoms with van der Waals surface area (Å²) < 4.78 is 1.74. The van der Waals surface area contributed by atoms with Crippen molar-refractivity contribution in [2.24, 2.45) is 0 Å². The van der Waals surface area contributed by atoms with Gasteiger partial charge in [-0.1, -0.05) is 12.1 Å². The third-order valence-electron chi connectivity index (χ3n) is 3.86. The van der Waals surface area contributed by atoms with Gasteiger partial charge in [0.25, 0.3) is 0 Å². The molecule has 0 bridgehead atoms. The van der Waals surface area contributed by atoms with Gasteiger partial charge in [-0.15, -0.1) is 0 Å². The van der Waals surface area contributed by atoms with Crippen LogP contribution in [0.15, 0.2) is 36.9 Å². The quantitative estimate of drug-likeness (QED) is 0.744. The van der Waals surface area contributed by atoms with Gasteiger partial charge in [0.2, 0.25) is 0 Å². The van der Waals surface area contributed by atoms with Crippen molar-refractivity contribution in [1.82, 2.24) is 25.0 Å². The fourth-order valence-corrected chi connectivity index (χ4v) is 2.45. The maximum absolute atomic E-state index is 5.48. The maximum Gasteiger partial charge on any atom is 0.169 e. The Balaban J connectivity index is 1.96. The molecular weight excluding hydrogens is 308 g/mol. The number of likely N-dealkylation sites (N-methyl/N-ethyl adjacent to an activating group) is 1. The van der Waals surface area contributed by atoms with Crippen molar-refractivity contribution in [2.45, 2.75) is 13.0 Å². The SMILES string of the molecule is C[C@H](c1ccc(-n2cncn2)cc1)N(C)C(=S)NCC[NH+](C)C. The fraction of sp³-hybridized carbons (Fsp3) is 0.438. The van der Waals surface area contributed by atoms with Crippen molar-refractivity contribution in [1.29, 1.82) is 0 Å². The first-order valence-corrected chi connectivity index (χ1v) is 8.14. The highest BCUT2D eigenvalue weighted by Crippen LogP contribution is 2.20. The molecule has 0 aliphatic rings. The van der Waals surface area contributed by atoms with Crippen LogP contribution in [0.4, 0.5) is 0 Å². The summed E-state index contributed by atoms with van der Waals surface area (Å²) in [5.41, 5.74) is 2.20. The summed E-state index contributed by atoms with van der Waals surface area (Å²) in [4.78, 5) is 7.46. The van der Waals surface area contributed by atoms with Gasteiger partial charge >= 0.3 is 0 Å². The lowest BCUT2D eigenvalue weighted by Gasteiger charge is -2.28. The van der Waals surface area contributed by atoms with Gasteiger partial charge in [-0.2, -0.15) is 5.10 Å². The summed E-state index contributed by atoms with van der Waals surface area (Å²) in [5.74, 6) is 0. The van der Waals surface area contributed by atoms with Crippen LogP contribution >= 0.6 is 12.2 Å². The average molecular weight is 333 g/mol. The molecule has 0 saturated carbocycles. The minimum Gasteiger partial charge on any atom is -0.357 e. The van der Waals surface area contributed by atoms with Gasteiger partial charge in [-0.3, -0.25) is 0 Å². The number of hydrogen-bond donors (Lipinski definition) is 2. The average Bonchev–Trinajstić information content (AvgIpc) is 3.07. The van der Waals surface area contributed by atoms with Crippen molar-refractivity contribution in [3.05, 3.63) is 42.5 Å². The second kappa shape index (κ2) is 8.03. The Morgan fingerprint density at radius 2 is 2.04 bits per heavy atom. The number of aromatic nitrogens is 3. The number of nitrogens with one attached hydrogen (secondary N) is 2. The molecule has 2 aromatic rings. The van der Waals surface area contributed by atoms with Gasteiger partial charge in [-0.05, 0) is 36.8 Å². The van der Waals surface area contributed by atoms with Gasteiger partial charge in [0.1, 0.15) is 12.7 Å². The standard InChI is InChI=1S/C16H24N6S/c1-13(21(4)16(23)18-9-10-20(2)3)14-5-7-15(8-6-14)22-12-17-11-19-22/h5-8,11-13H,9-10H2,1-4H3,(H,18,23)/p+1/t13-/m1/s1. The fourth-order valence-electron chi connectivity index (χ4n) is 2.19. The molecule has 0 spiro atoms. The second-order valence-corrected chi connectivity index (χ2v) is 6.29. The lowest BCUT2D eigenvalue weighted by Crippen LogP contribution is -3.06. The molecule has 0 unspecified atom stereocenters. The first-order chi connectivity index (χ1) is 11.0. The summed E-state index contributed by atoms with van der Waals surface area (Å²) in [6.45, 7) is 4.06. The zero-order valence-electron chi connectivity index (χ0n) is 14.2. The monoisotopic (exact) mass is 333 g/mol. The molecule has 0 saturated heterocycles. The number of hydrogen-bond acceptors (Lipinski definition) is 3. The Bertz CT molecular complexity index is 608. The highest BCUT2D eigenvalue weighted by Gasteiger charge is 2.14. The number of benzene rings is 1. The van der Waals surface area contributed by atoms with E-state index in [0.29, 0.717) is 0 Å². The van der Waals surface area contributed by atoms with E-state index in [9.17, 15) is 0 Å². The van der Waals surface area contributed by atoms with Gasteiger partial charge in [0, 0.05) is 7.05 Å². The van der Waals surface area contributed by atoms with E-state index < -0.39 is 0 Å². The Morgan fingerprint density at radius 1 is 1.35 bits per heavy atom. The maximum atomic E-state index is 5.48. The van der Waals surface area contributed by atoms with E-state index in [2.05, 4.69) is 53.5 Å². The van der Waals surface area contributed by atoms with Crippen LogP contribution in [0.25, 0.3) is 5.69 Å². The minimum absolute atomic E-state index is 0.200. The summed E-state index contributed by atoms with van der Waals surface area (Å²) >= 11 is 5.48. The zero-order valence-corrected chi connectivity index (χ0v) is 15.0. The Kier molecular flexibility index (Phi) is 6.06. The van der Waals surface area contributed by atoms with Crippen LogP contribution in [0.2, 0.25) is 0 Å². The number of rotatable bonds is 6. The van der Waals surface area contributed by atoms with E-state index in [1.54, 1.807) is 11.0 Å². The molecule has 23 heavy (non-hydrogen) atoms. The third-order valence-corrected chi connectivity index (χ3v) is 4.29. The van der Waals surface area contributed by atoms with Crippen molar-refractivity contribution in [2.75, 3.05) is 34.2 Å². The minimum atomic E-state index is 0.200. The Hall–Kier alpha value is -1.99. The molecule has 1 aromatic heterocycles. The van der Waals surface area contributed by atoms with Gasteiger partial charge < -0.3 is 15.1 Å². The van der Waals surface area contributed by atoms with E-state index in [1.807, 2.05) is 19.2 Å². The number of nitrogens with zero attached hydrogens (tertiary/aromatic N) is 4. The van der Waals surface area contributed by atoms with Crippen molar-refractivity contribution in [3.8, 4) is 5.69 Å². The lowest BCUT2D eigenvalue weighted by molar-refractivity contribution is -0.856. The largest absolute Gasteiger partial charge is 0.357 e. The Labute approximate surface area is 143 Å². The molecule has 6 nitrogen and oxygen atoms in total. The molecule has 2 N–H and O–H groups in total. The molecule has 0 radical (unpaired) electrons. The van der Waals surface area contributed by atoms with Crippen LogP contribution in [0, 0.1) is 0 Å². The molecule has 1 atom stereocenters. The van der Waals surface area contributed by atoms with Gasteiger partial charge in [-0.25, -0.2) is 9.67 Å².